The van der Waals surface area contributed by atoms with Crippen molar-refractivity contribution in [3.05, 3.63) is 29.8 Å². The summed E-state index contributed by atoms with van der Waals surface area (Å²) in [5, 5.41) is 0. The highest BCUT2D eigenvalue weighted by Crippen LogP contribution is 2.16. The van der Waals surface area contributed by atoms with Crippen LogP contribution in [0.1, 0.15) is 5.56 Å². The van der Waals surface area contributed by atoms with Crippen LogP contribution in [0.25, 0.3) is 0 Å². The van der Waals surface area contributed by atoms with Gasteiger partial charge in [-0.25, -0.2) is 8.42 Å². The van der Waals surface area contributed by atoms with Crippen LogP contribution in [0.4, 0.5) is 0 Å². The number of hydrogen-bond donors (Lipinski definition) is 0. The zero-order valence-electron chi connectivity index (χ0n) is 8.87. The van der Waals surface area contributed by atoms with E-state index in [4.69, 9.17) is 0 Å². The van der Waals surface area contributed by atoms with E-state index in [2.05, 4.69) is 4.18 Å². The molecule has 0 radical (unpaired) electrons. The Morgan fingerprint density at radius 1 is 1.06 bits per heavy atom. The van der Waals surface area contributed by atoms with Crippen LogP contribution in [0.15, 0.2) is 29.2 Å². The molecule has 0 aliphatic heterocycles. The smallest absolute Gasteiger partial charge is 0.264 e. The molecule has 0 spiro atoms. The molecule has 0 aliphatic carbocycles. The fourth-order valence-electron chi connectivity index (χ4n) is 1.16. The first kappa shape index (κ1) is 13.1. The van der Waals surface area contributed by atoms with E-state index in [0.717, 1.165) is 12.5 Å². The fourth-order valence-corrected chi connectivity index (χ4v) is 2.43. The van der Waals surface area contributed by atoms with Gasteiger partial charge in [0.1, 0.15) is 0 Å². The summed E-state index contributed by atoms with van der Waals surface area (Å²) in [5.74, 6) is 0. The normalized spacial score (nSPS) is 12.6. The maximum atomic E-state index is 11.4. The van der Waals surface area contributed by atoms with Gasteiger partial charge in [-0.2, -0.15) is 8.42 Å². The Morgan fingerprint density at radius 2 is 1.62 bits per heavy atom. The van der Waals surface area contributed by atoms with Crippen molar-refractivity contribution in [1.82, 2.24) is 0 Å². The number of benzene rings is 1. The van der Waals surface area contributed by atoms with Crippen molar-refractivity contribution in [2.75, 3.05) is 12.5 Å². The molecule has 0 saturated heterocycles. The molecule has 0 N–H and O–H groups in total. The highest BCUT2D eigenvalue weighted by Gasteiger charge is 2.13. The average Bonchev–Trinajstić information content (AvgIpc) is 2.12. The van der Waals surface area contributed by atoms with Crippen molar-refractivity contribution in [2.45, 2.75) is 11.5 Å². The first-order valence-corrected chi connectivity index (χ1v) is 8.03. The molecule has 90 valence electrons. The number of sulfone groups is 1. The van der Waals surface area contributed by atoms with E-state index in [-0.39, 0.29) is 11.5 Å². The van der Waals surface area contributed by atoms with Crippen molar-refractivity contribution in [1.29, 1.82) is 0 Å². The molecule has 5 nitrogen and oxygen atoms in total. The Kier molecular flexibility index (Phi) is 3.72. The molecule has 0 atom stereocenters. The van der Waals surface area contributed by atoms with Crippen LogP contribution >= 0.6 is 0 Å². The fraction of sp³-hybridized carbons (Fsp3) is 0.333. The third kappa shape index (κ3) is 3.92. The van der Waals surface area contributed by atoms with Gasteiger partial charge in [0.2, 0.25) is 0 Å². The Bertz CT molecular complexity index is 572. The van der Waals surface area contributed by atoms with E-state index in [1.807, 2.05) is 0 Å². The van der Waals surface area contributed by atoms with E-state index in [1.54, 1.807) is 12.1 Å². The van der Waals surface area contributed by atoms with Crippen LogP contribution in [-0.4, -0.2) is 29.3 Å². The van der Waals surface area contributed by atoms with Gasteiger partial charge in [0.15, 0.2) is 9.84 Å². The highest BCUT2D eigenvalue weighted by atomic mass is 32.2. The molecule has 0 fully saturated rings. The predicted molar refractivity (Wildman–Crippen MR) is 59.2 cm³/mol. The second-order valence-corrected chi connectivity index (χ2v) is 6.97. The van der Waals surface area contributed by atoms with Gasteiger partial charge in [0.05, 0.1) is 17.8 Å². The summed E-state index contributed by atoms with van der Waals surface area (Å²) >= 11 is 0. The summed E-state index contributed by atoms with van der Waals surface area (Å²) in [4.78, 5) is 0.0821. The van der Waals surface area contributed by atoms with Gasteiger partial charge in [-0.05, 0) is 11.6 Å². The topological polar surface area (TPSA) is 77.5 Å². The van der Waals surface area contributed by atoms with Crippen LogP contribution in [-0.2, 0) is 30.7 Å². The van der Waals surface area contributed by atoms with E-state index < -0.39 is 20.0 Å². The molecule has 0 aliphatic rings. The quantitative estimate of drug-likeness (QED) is 0.743. The first-order valence-electron chi connectivity index (χ1n) is 4.32. The molecule has 0 aromatic heterocycles. The lowest BCUT2D eigenvalue weighted by atomic mass is 10.2. The molecular formula is C9H12O5S2. The summed E-state index contributed by atoms with van der Waals surface area (Å²) in [6, 6.07) is 6.12. The Labute approximate surface area is 95.1 Å². The van der Waals surface area contributed by atoms with E-state index in [1.165, 1.54) is 12.1 Å². The second-order valence-electron chi connectivity index (χ2n) is 3.35. The van der Waals surface area contributed by atoms with Gasteiger partial charge in [-0.15, -0.1) is 0 Å². The number of hydrogen-bond acceptors (Lipinski definition) is 5. The lowest BCUT2D eigenvalue weighted by molar-refractivity contribution is 0.308. The molecule has 0 amide bonds. The summed E-state index contributed by atoms with van der Waals surface area (Å²) in [6.45, 7) is -0.276. The molecule has 0 bridgehead atoms. The minimum atomic E-state index is -3.58. The van der Waals surface area contributed by atoms with Crippen molar-refractivity contribution in [3.63, 3.8) is 0 Å². The minimum absolute atomic E-state index is 0.0821. The summed E-state index contributed by atoms with van der Waals surface area (Å²) in [6.07, 6.45) is 1.97. The van der Waals surface area contributed by atoms with Gasteiger partial charge < -0.3 is 0 Å². The van der Waals surface area contributed by atoms with Crippen LogP contribution in [0, 0.1) is 0 Å². The van der Waals surface area contributed by atoms with Gasteiger partial charge in [0.25, 0.3) is 10.1 Å². The van der Waals surface area contributed by atoms with Gasteiger partial charge in [0, 0.05) is 6.26 Å². The van der Waals surface area contributed by atoms with E-state index in [9.17, 15) is 16.8 Å². The Morgan fingerprint density at radius 3 is 2.12 bits per heavy atom. The van der Waals surface area contributed by atoms with Crippen LogP contribution in [0.3, 0.4) is 0 Å². The molecule has 1 rings (SSSR count). The standard InChI is InChI=1S/C9H12O5S2/c1-15(10,11)9-6-4-3-5-8(9)7-14-16(2,12)13/h3-6H,7H2,1-2H3. The minimum Gasteiger partial charge on any atom is -0.265 e. The van der Waals surface area contributed by atoms with Crippen molar-refractivity contribution in [3.8, 4) is 0 Å². The molecular weight excluding hydrogens is 252 g/mol. The Balaban J connectivity index is 3.06. The molecule has 7 heteroatoms. The number of rotatable bonds is 4. The molecule has 0 unspecified atom stereocenters. The SMILES string of the molecule is CS(=O)(=O)OCc1ccccc1S(C)(=O)=O. The van der Waals surface area contributed by atoms with E-state index in [0.29, 0.717) is 5.56 Å². The molecule has 1 aromatic carbocycles. The molecule has 16 heavy (non-hydrogen) atoms. The molecule has 1 aromatic rings. The summed E-state index contributed by atoms with van der Waals surface area (Å²) in [5.41, 5.74) is 0.329. The van der Waals surface area contributed by atoms with Gasteiger partial charge in [-0.3, -0.25) is 4.18 Å². The second kappa shape index (κ2) is 4.52. The highest BCUT2D eigenvalue weighted by molar-refractivity contribution is 7.90. The molecule has 0 saturated carbocycles. The maximum Gasteiger partial charge on any atom is 0.264 e. The van der Waals surface area contributed by atoms with Crippen LogP contribution < -0.4 is 0 Å². The summed E-state index contributed by atoms with van der Waals surface area (Å²) < 4.78 is 48.9. The van der Waals surface area contributed by atoms with Gasteiger partial charge in [-0.1, -0.05) is 18.2 Å². The largest absolute Gasteiger partial charge is 0.265 e. The third-order valence-corrected chi connectivity index (χ3v) is 3.54. The average molecular weight is 264 g/mol. The van der Waals surface area contributed by atoms with E-state index >= 15 is 0 Å². The molecule has 0 heterocycles. The maximum absolute atomic E-state index is 11.4. The lowest BCUT2D eigenvalue weighted by Gasteiger charge is -2.06. The van der Waals surface area contributed by atoms with Crippen molar-refractivity contribution in [2.24, 2.45) is 0 Å². The zero-order chi connectivity index (χ0) is 12.4. The lowest BCUT2D eigenvalue weighted by Crippen LogP contribution is -2.07. The van der Waals surface area contributed by atoms with Gasteiger partial charge >= 0.3 is 0 Å². The zero-order valence-corrected chi connectivity index (χ0v) is 10.5. The summed E-state index contributed by atoms with van der Waals surface area (Å²) in [7, 11) is -6.96. The van der Waals surface area contributed by atoms with Crippen LogP contribution in [0.5, 0.6) is 0 Å². The monoisotopic (exact) mass is 264 g/mol. The van der Waals surface area contributed by atoms with Crippen LogP contribution in [0.2, 0.25) is 0 Å². The van der Waals surface area contributed by atoms with Crippen molar-refractivity contribution < 1.29 is 21.0 Å². The predicted octanol–water partition coefficient (Wildman–Crippen LogP) is 0.566. The third-order valence-electron chi connectivity index (χ3n) is 1.80. The Hall–Kier alpha value is -0.920. The first-order chi connectivity index (χ1) is 7.20. The van der Waals surface area contributed by atoms with Crippen molar-refractivity contribution >= 4 is 20.0 Å².